The first-order chi connectivity index (χ1) is 11.0. The van der Waals surface area contributed by atoms with Crippen LogP contribution in [0, 0.1) is 12.7 Å². The molecule has 5 heteroatoms. The molecule has 3 aromatic rings. The number of carbonyl (C=O) groups is 1. The van der Waals surface area contributed by atoms with Gasteiger partial charge in [-0.05, 0) is 48.4 Å². The van der Waals surface area contributed by atoms with E-state index in [1.807, 2.05) is 6.92 Å². The zero-order valence-electron chi connectivity index (χ0n) is 12.3. The topological polar surface area (TPSA) is 49.3 Å². The number of rotatable bonds is 3. The van der Waals surface area contributed by atoms with Crippen molar-refractivity contribution in [3.8, 4) is 16.2 Å². The lowest BCUT2D eigenvalue weighted by Crippen LogP contribution is -2.10. The lowest BCUT2D eigenvalue weighted by atomic mass is 10.1. The van der Waals surface area contributed by atoms with Crippen LogP contribution in [0.25, 0.3) is 10.4 Å². The Kier molecular flexibility index (Phi) is 4.12. The van der Waals surface area contributed by atoms with Crippen LogP contribution in [0.1, 0.15) is 15.2 Å². The van der Waals surface area contributed by atoms with Crippen LogP contribution in [0.4, 0.5) is 10.1 Å². The smallest absolute Gasteiger partial charge is 0.265 e. The van der Waals surface area contributed by atoms with Crippen molar-refractivity contribution in [1.82, 2.24) is 0 Å². The minimum atomic E-state index is -0.291. The number of phenolic OH excluding ortho intramolecular Hbond substituents is 1. The number of para-hydroxylation sites is 2. The quantitative estimate of drug-likeness (QED) is 0.678. The summed E-state index contributed by atoms with van der Waals surface area (Å²) < 4.78 is 13.0. The standard InChI is InChI=1S/C18H14FNO2S/c1-11-10-16(18(22)20-14-4-2-3-5-15(14)21)23-17(11)12-6-8-13(19)9-7-12/h2-10,21H,1H3,(H,20,22). The summed E-state index contributed by atoms with van der Waals surface area (Å²) in [5, 5.41) is 12.4. The van der Waals surface area contributed by atoms with E-state index >= 15 is 0 Å². The van der Waals surface area contributed by atoms with E-state index in [2.05, 4.69) is 5.32 Å². The van der Waals surface area contributed by atoms with E-state index < -0.39 is 0 Å². The van der Waals surface area contributed by atoms with E-state index in [-0.39, 0.29) is 17.5 Å². The van der Waals surface area contributed by atoms with Crippen molar-refractivity contribution in [1.29, 1.82) is 0 Å². The molecule has 0 bridgehead atoms. The molecule has 2 aromatic carbocycles. The van der Waals surface area contributed by atoms with Gasteiger partial charge in [-0.2, -0.15) is 0 Å². The summed E-state index contributed by atoms with van der Waals surface area (Å²) in [6, 6.07) is 14.5. The Labute approximate surface area is 137 Å². The molecule has 0 fully saturated rings. The molecule has 2 N–H and O–H groups in total. The van der Waals surface area contributed by atoms with Gasteiger partial charge in [0.25, 0.3) is 5.91 Å². The van der Waals surface area contributed by atoms with Crippen LogP contribution in [0.3, 0.4) is 0 Å². The van der Waals surface area contributed by atoms with Crippen LogP contribution in [0.5, 0.6) is 5.75 Å². The van der Waals surface area contributed by atoms with Crippen LogP contribution in [0.15, 0.2) is 54.6 Å². The predicted molar refractivity (Wildman–Crippen MR) is 90.5 cm³/mol. The summed E-state index contributed by atoms with van der Waals surface area (Å²) >= 11 is 1.34. The molecule has 1 aromatic heterocycles. The monoisotopic (exact) mass is 327 g/mol. The molecule has 0 atom stereocenters. The third kappa shape index (κ3) is 3.24. The fourth-order valence-corrected chi connectivity index (χ4v) is 3.32. The van der Waals surface area contributed by atoms with E-state index in [9.17, 15) is 14.3 Å². The third-order valence-corrected chi connectivity index (χ3v) is 4.69. The maximum atomic E-state index is 13.0. The van der Waals surface area contributed by atoms with E-state index in [0.717, 1.165) is 16.0 Å². The molecule has 0 saturated carbocycles. The number of anilines is 1. The third-order valence-electron chi connectivity index (χ3n) is 3.40. The number of hydrogen-bond acceptors (Lipinski definition) is 3. The first-order valence-electron chi connectivity index (χ1n) is 7.00. The van der Waals surface area contributed by atoms with E-state index in [4.69, 9.17) is 0 Å². The average Bonchev–Trinajstić information content (AvgIpc) is 2.92. The molecule has 116 valence electrons. The zero-order valence-corrected chi connectivity index (χ0v) is 13.2. The van der Waals surface area contributed by atoms with Crippen LogP contribution in [-0.4, -0.2) is 11.0 Å². The molecular formula is C18H14FNO2S. The van der Waals surface area contributed by atoms with Crippen molar-refractivity contribution in [2.75, 3.05) is 5.32 Å². The van der Waals surface area contributed by atoms with Gasteiger partial charge >= 0.3 is 0 Å². The Morgan fingerprint density at radius 2 is 1.83 bits per heavy atom. The normalized spacial score (nSPS) is 10.5. The summed E-state index contributed by atoms with van der Waals surface area (Å²) in [5.41, 5.74) is 2.19. The number of phenols is 1. The highest BCUT2D eigenvalue weighted by Gasteiger charge is 2.15. The van der Waals surface area contributed by atoms with Gasteiger partial charge in [0.05, 0.1) is 10.6 Å². The molecule has 3 rings (SSSR count). The number of thiophene rings is 1. The van der Waals surface area contributed by atoms with Crippen molar-refractivity contribution in [2.24, 2.45) is 0 Å². The van der Waals surface area contributed by atoms with Gasteiger partial charge in [-0.25, -0.2) is 4.39 Å². The predicted octanol–water partition coefficient (Wildman–Crippen LogP) is 4.82. The highest BCUT2D eigenvalue weighted by molar-refractivity contribution is 7.17. The summed E-state index contributed by atoms with van der Waals surface area (Å²) in [6.45, 7) is 1.91. The summed E-state index contributed by atoms with van der Waals surface area (Å²) in [6.07, 6.45) is 0. The molecule has 0 aliphatic carbocycles. The Bertz CT molecular complexity index is 856. The van der Waals surface area contributed by atoms with Crippen LogP contribution >= 0.6 is 11.3 Å². The van der Waals surface area contributed by atoms with E-state index in [0.29, 0.717) is 10.6 Å². The lowest BCUT2D eigenvalue weighted by molar-refractivity contribution is 0.103. The molecule has 0 unspecified atom stereocenters. The number of carbonyl (C=O) groups excluding carboxylic acids is 1. The van der Waals surface area contributed by atoms with Crippen molar-refractivity contribution in [3.05, 3.63) is 70.9 Å². The van der Waals surface area contributed by atoms with E-state index in [1.165, 1.54) is 29.5 Å². The SMILES string of the molecule is Cc1cc(C(=O)Nc2ccccc2O)sc1-c1ccc(F)cc1. The Hall–Kier alpha value is -2.66. The fourth-order valence-electron chi connectivity index (χ4n) is 2.25. The average molecular weight is 327 g/mol. The molecule has 1 heterocycles. The molecule has 0 aliphatic heterocycles. The number of nitrogens with one attached hydrogen (secondary N) is 1. The van der Waals surface area contributed by atoms with Crippen molar-refractivity contribution in [2.45, 2.75) is 6.92 Å². The molecule has 0 aliphatic rings. The maximum Gasteiger partial charge on any atom is 0.265 e. The van der Waals surface area contributed by atoms with Gasteiger partial charge in [-0.15, -0.1) is 11.3 Å². The van der Waals surface area contributed by atoms with Crippen LogP contribution in [0.2, 0.25) is 0 Å². The summed E-state index contributed by atoms with van der Waals surface area (Å²) in [5.74, 6) is -0.554. The molecule has 0 spiro atoms. The number of amides is 1. The Balaban J connectivity index is 1.87. The van der Waals surface area contributed by atoms with Crippen LogP contribution < -0.4 is 5.32 Å². The van der Waals surface area contributed by atoms with Crippen molar-refractivity contribution >= 4 is 22.9 Å². The minimum absolute atomic E-state index is 0.0212. The lowest BCUT2D eigenvalue weighted by Gasteiger charge is -2.05. The number of benzene rings is 2. The highest BCUT2D eigenvalue weighted by Crippen LogP contribution is 2.33. The van der Waals surface area contributed by atoms with Crippen LogP contribution in [-0.2, 0) is 0 Å². The van der Waals surface area contributed by atoms with Gasteiger partial charge in [0.2, 0.25) is 0 Å². The molecule has 3 nitrogen and oxygen atoms in total. The van der Waals surface area contributed by atoms with Crippen molar-refractivity contribution < 1.29 is 14.3 Å². The zero-order chi connectivity index (χ0) is 16.4. The second kappa shape index (κ2) is 6.22. The number of aromatic hydroxyl groups is 1. The van der Waals surface area contributed by atoms with Gasteiger partial charge in [0, 0.05) is 4.88 Å². The first-order valence-corrected chi connectivity index (χ1v) is 7.82. The Morgan fingerprint density at radius 3 is 2.52 bits per heavy atom. The van der Waals surface area contributed by atoms with Crippen molar-refractivity contribution in [3.63, 3.8) is 0 Å². The second-order valence-electron chi connectivity index (χ2n) is 5.10. The molecule has 23 heavy (non-hydrogen) atoms. The highest BCUT2D eigenvalue weighted by atomic mass is 32.1. The molecular weight excluding hydrogens is 313 g/mol. The minimum Gasteiger partial charge on any atom is -0.506 e. The molecule has 1 amide bonds. The maximum absolute atomic E-state index is 13.0. The van der Waals surface area contributed by atoms with Gasteiger partial charge < -0.3 is 10.4 Å². The molecule has 0 saturated heterocycles. The number of aryl methyl sites for hydroxylation is 1. The summed E-state index contributed by atoms with van der Waals surface area (Å²) in [4.78, 5) is 13.8. The molecule has 0 radical (unpaired) electrons. The second-order valence-corrected chi connectivity index (χ2v) is 6.15. The van der Waals surface area contributed by atoms with Gasteiger partial charge in [-0.3, -0.25) is 4.79 Å². The number of hydrogen-bond donors (Lipinski definition) is 2. The van der Waals surface area contributed by atoms with Gasteiger partial charge in [0.15, 0.2) is 0 Å². The first kappa shape index (κ1) is 15.2. The Morgan fingerprint density at radius 1 is 1.13 bits per heavy atom. The largest absolute Gasteiger partial charge is 0.506 e. The van der Waals surface area contributed by atoms with Gasteiger partial charge in [-0.1, -0.05) is 24.3 Å². The van der Waals surface area contributed by atoms with E-state index in [1.54, 1.807) is 36.4 Å². The number of halogens is 1. The summed E-state index contributed by atoms with van der Waals surface area (Å²) in [7, 11) is 0. The van der Waals surface area contributed by atoms with Gasteiger partial charge in [0.1, 0.15) is 11.6 Å². The fraction of sp³-hybridized carbons (Fsp3) is 0.0556.